The number of hydrogen-bond donors (Lipinski definition) is 1. The Labute approximate surface area is 103 Å². The highest BCUT2D eigenvalue weighted by atomic mass is 16.2. The fourth-order valence-electron chi connectivity index (χ4n) is 1.48. The van der Waals surface area contributed by atoms with E-state index in [0.717, 1.165) is 12.1 Å². The van der Waals surface area contributed by atoms with E-state index in [2.05, 4.69) is 4.98 Å². The van der Waals surface area contributed by atoms with Gasteiger partial charge in [0, 0.05) is 43.9 Å². The number of nitrogens with two attached hydrogens (primary N) is 1. The summed E-state index contributed by atoms with van der Waals surface area (Å²) >= 11 is 0. The van der Waals surface area contributed by atoms with Crippen LogP contribution in [0.15, 0.2) is 24.4 Å². The van der Waals surface area contributed by atoms with E-state index in [1.165, 1.54) is 0 Å². The summed E-state index contributed by atoms with van der Waals surface area (Å²) in [7, 11) is 1.80. The Kier molecular flexibility index (Phi) is 4.63. The molecule has 0 aliphatic heterocycles. The van der Waals surface area contributed by atoms with Gasteiger partial charge < -0.3 is 10.6 Å². The molecule has 4 heteroatoms. The van der Waals surface area contributed by atoms with Gasteiger partial charge in [-0.1, -0.05) is 6.07 Å². The first kappa shape index (κ1) is 13.6. The maximum absolute atomic E-state index is 11.8. The Morgan fingerprint density at radius 3 is 2.71 bits per heavy atom. The van der Waals surface area contributed by atoms with Crippen LogP contribution in [0.1, 0.15) is 26.0 Å². The molecule has 1 aromatic heterocycles. The predicted octanol–water partition coefficient (Wildman–Crippen LogP) is 1.21. The first-order chi connectivity index (χ1) is 7.88. The molecule has 0 spiro atoms. The molecular weight excluding hydrogens is 214 g/mol. The number of carbonyl (C=O) groups excluding carboxylic acids is 1. The lowest BCUT2D eigenvalue weighted by Crippen LogP contribution is -2.40. The number of carbonyl (C=O) groups is 1. The van der Waals surface area contributed by atoms with Gasteiger partial charge in [-0.2, -0.15) is 0 Å². The van der Waals surface area contributed by atoms with E-state index < -0.39 is 5.54 Å². The molecule has 0 atom stereocenters. The average Bonchev–Trinajstić information content (AvgIpc) is 2.25. The summed E-state index contributed by atoms with van der Waals surface area (Å²) in [6.45, 7) is 4.39. The van der Waals surface area contributed by atoms with E-state index in [0.29, 0.717) is 13.0 Å². The third kappa shape index (κ3) is 5.45. The summed E-state index contributed by atoms with van der Waals surface area (Å²) in [6.07, 6.45) is 2.90. The third-order valence-corrected chi connectivity index (χ3v) is 2.46. The summed E-state index contributed by atoms with van der Waals surface area (Å²) < 4.78 is 0. The zero-order valence-corrected chi connectivity index (χ0v) is 10.8. The molecule has 0 fully saturated rings. The molecule has 0 saturated carbocycles. The van der Waals surface area contributed by atoms with Crippen molar-refractivity contribution in [3.63, 3.8) is 0 Å². The molecule has 0 radical (unpaired) electrons. The molecule has 0 aliphatic carbocycles. The van der Waals surface area contributed by atoms with Crippen molar-refractivity contribution >= 4 is 5.91 Å². The first-order valence-corrected chi connectivity index (χ1v) is 5.81. The Balaban J connectivity index is 2.40. The van der Waals surface area contributed by atoms with Crippen LogP contribution in [0.2, 0.25) is 0 Å². The fourth-order valence-corrected chi connectivity index (χ4v) is 1.48. The monoisotopic (exact) mass is 235 g/mol. The topological polar surface area (TPSA) is 59.2 Å². The molecule has 1 aromatic rings. The first-order valence-electron chi connectivity index (χ1n) is 5.81. The molecule has 0 aliphatic rings. The maximum Gasteiger partial charge on any atom is 0.224 e. The van der Waals surface area contributed by atoms with Crippen molar-refractivity contribution in [1.82, 2.24) is 9.88 Å². The van der Waals surface area contributed by atoms with Crippen molar-refractivity contribution in [1.29, 1.82) is 0 Å². The highest BCUT2D eigenvalue weighted by molar-refractivity contribution is 5.77. The fraction of sp³-hybridized carbons (Fsp3) is 0.538. The van der Waals surface area contributed by atoms with Crippen LogP contribution < -0.4 is 5.73 Å². The molecule has 0 saturated heterocycles. The smallest absolute Gasteiger partial charge is 0.224 e. The van der Waals surface area contributed by atoms with Crippen LogP contribution in [-0.4, -0.2) is 34.9 Å². The van der Waals surface area contributed by atoms with E-state index in [4.69, 9.17) is 5.73 Å². The van der Waals surface area contributed by atoms with Crippen LogP contribution >= 0.6 is 0 Å². The second-order valence-electron chi connectivity index (χ2n) is 5.05. The molecule has 1 rings (SSSR count). The summed E-state index contributed by atoms with van der Waals surface area (Å²) in [5.74, 6) is 0.0773. The van der Waals surface area contributed by atoms with Gasteiger partial charge in [-0.15, -0.1) is 0 Å². The van der Waals surface area contributed by atoms with Crippen molar-refractivity contribution in [2.24, 2.45) is 5.73 Å². The molecule has 0 bridgehead atoms. The van der Waals surface area contributed by atoms with Gasteiger partial charge in [-0.05, 0) is 26.0 Å². The Hall–Kier alpha value is -1.42. The van der Waals surface area contributed by atoms with E-state index in [1.807, 2.05) is 32.0 Å². The quantitative estimate of drug-likeness (QED) is 0.834. The van der Waals surface area contributed by atoms with Gasteiger partial charge in [-0.3, -0.25) is 9.78 Å². The normalized spacial score (nSPS) is 11.3. The van der Waals surface area contributed by atoms with E-state index in [-0.39, 0.29) is 5.91 Å². The molecule has 4 nitrogen and oxygen atoms in total. The largest absolute Gasteiger partial charge is 0.345 e. The van der Waals surface area contributed by atoms with Gasteiger partial charge in [0.25, 0.3) is 0 Å². The summed E-state index contributed by atoms with van der Waals surface area (Å²) in [4.78, 5) is 17.7. The number of amides is 1. The SMILES string of the molecule is CN(CCc1ccccn1)C(=O)CC(C)(C)N. The molecule has 17 heavy (non-hydrogen) atoms. The maximum atomic E-state index is 11.8. The van der Waals surface area contributed by atoms with Gasteiger partial charge in [0.2, 0.25) is 5.91 Å². The van der Waals surface area contributed by atoms with E-state index in [1.54, 1.807) is 18.1 Å². The van der Waals surface area contributed by atoms with Gasteiger partial charge in [0.15, 0.2) is 0 Å². The summed E-state index contributed by atoms with van der Waals surface area (Å²) in [5, 5.41) is 0. The van der Waals surface area contributed by atoms with E-state index in [9.17, 15) is 4.79 Å². The predicted molar refractivity (Wildman–Crippen MR) is 68.5 cm³/mol. The lowest BCUT2D eigenvalue weighted by Gasteiger charge is -2.23. The summed E-state index contributed by atoms with van der Waals surface area (Å²) in [6, 6.07) is 5.80. The highest BCUT2D eigenvalue weighted by Crippen LogP contribution is 2.06. The van der Waals surface area contributed by atoms with Crippen LogP contribution in [0.3, 0.4) is 0 Å². The van der Waals surface area contributed by atoms with Gasteiger partial charge in [0.1, 0.15) is 0 Å². The third-order valence-electron chi connectivity index (χ3n) is 2.46. The Bertz CT molecular complexity index is 357. The zero-order chi connectivity index (χ0) is 12.9. The standard InChI is InChI=1S/C13H21N3O/c1-13(2,14)10-12(17)16(3)9-7-11-6-4-5-8-15-11/h4-6,8H,7,9-10,14H2,1-3H3. The lowest BCUT2D eigenvalue weighted by molar-refractivity contribution is -0.130. The average molecular weight is 235 g/mol. The number of nitrogens with zero attached hydrogens (tertiary/aromatic N) is 2. The van der Waals surface area contributed by atoms with Crippen LogP contribution in [0, 0.1) is 0 Å². The minimum absolute atomic E-state index is 0.0773. The highest BCUT2D eigenvalue weighted by Gasteiger charge is 2.19. The van der Waals surface area contributed by atoms with Crippen LogP contribution in [0.4, 0.5) is 0 Å². The Morgan fingerprint density at radius 1 is 1.47 bits per heavy atom. The molecule has 1 heterocycles. The van der Waals surface area contributed by atoms with Crippen molar-refractivity contribution in [3.8, 4) is 0 Å². The number of rotatable bonds is 5. The molecule has 2 N–H and O–H groups in total. The molecule has 1 amide bonds. The van der Waals surface area contributed by atoms with Crippen molar-refractivity contribution < 1.29 is 4.79 Å². The molecule has 0 aromatic carbocycles. The van der Waals surface area contributed by atoms with Gasteiger partial charge >= 0.3 is 0 Å². The number of aromatic nitrogens is 1. The summed E-state index contributed by atoms with van der Waals surface area (Å²) in [5.41, 5.74) is 6.37. The van der Waals surface area contributed by atoms with Crippen molar-refractivity contribution in [3.05, 3.63) is 30.1 Å². The van der Waals surface area contributed by atoms with Crippen LogP contribution in [0.5, 0.6) is 0 Å². The second-order valence-corrected chi connectivity index (χ2v) is 5.05. The van der Waals surface area contributed by atoms with Crippen LogP contribution in [-0.2, 0) is 11.2 Å². The zero-order valence-electron chi connectivity index (χ0n) is 10.8. The number of likely N-dealkylation sites (N-methyl/N-ethyl adjacent to an activating group) is 1. The van der Waals surface area contributed by atoms with Gasteiger partial charge in [0.05, 0.1) is 0 Å². The van der Waals surface area contributed by atoms with Crippen molar-refractivity contribution in [2.45, 2.75) is 32.2 Å². The minimum Gasteiger partial charge on any atom is -0.345 e. The molecular formula is C13H21N3O. The molecule has 94 valence electrons. The van der Waals surface area contributed by atoms with E-state index >= 15 is 0 Å². The number of pyridine rings is 1. The number of hydrogen-bond acceptors (Lipinski definition) is 3. The van der Waals surface area contributed by atoms with Crippen LogP contribution in [0.25, 0.3) is 0 Å². The molecule has 0 unspecified atom stereocenters. The lowest BCUT2D eigenvalue weighted by atomic mass is 10.0. The van der Waals surface area contributed by atoms with Gasteiger partial charge in [-0.25, -0.2) is 0 Å². The Morgan fingerprint density at radius 2 is 2.18 bits per heavy atom. The minimum atomic E-state index is -0.448. The van der Waals surface area contributed by atoms with Crippen molar-refractivity contribution in [2.75, 3.05) is 13.6 Å². The second kappa shape index (κ2) is 5.77.